The number of amides is 1. The molecule has 0 aliphatic carbocycles. The van der Waals surface area contributed by atoms with Gasteiger partial charge in [0.25, 0.3) is 5.91 Å². The van der Waals surface area contributed by atoms with Gasteiger partial charge in [-0.05, 0) is 39.1 Å². The lowest BCUT2D eigenvalue weighted by Gasteiger charge is -2.20. The third-order valence-corrected chi connectivity index (χ3v) is 3.74. The molecule has 2 rings (SSSR count). The Balaban J connectivity index is 2.02. The average molecular weight is 276 g/mol. The summed E-state index contributed by atoms with van der Waals surface area (Å²) in [6, 6.07) is 4.11. The van der Waals surface area contributed by atoms with E-state index in [0.29, 0.717) is 6.04 Å². The van der Waals surface area contributed by atoms with Crippen molar-refractivity contribution in [3.8, 4) is 0 Å². The van der Waals surface area contributed by atoms with Gasteiger partial charge in [0.05, 0.1) is 0 Å². The van der Waals surface area contributed by atoms with Gasteiger partial charge in [-0.25, -0.2) is 4.98 Å². The summed E-state index contributed by atoms with van der Waals surface area (Å²) in [7, 11) is 4.13. The monoisotopic (exact) mass is 276 g/mol. The van der Waals surface area contributed by atoms with Crippen molar-refractivity contribution in [2.45, 2.75) is 25.8 Å². The van der Waals surface area contributed by atoms with Crippen LogP contribution in [0, 0.1) is 0 Å². The summed E-state index contributed by atoms with van der Waals surface area (Å²) in [6.45, 7) is 4.62. The molecule has 1 unspecified atom stereocenters. The Hall–Kier alpha value is -1.62. The summed E-state index contributed by atoms with van der Waals surface area (Å²) < 4.78 is 0. The smallest absolute Gasteiger partial charge is 0.254 e. The molecule has 5 nitrogen and oxygen atoms in total. The molecule has 1 N–H and O–H groups in total. The predicted molar refractivity (Wildman–Crippen MR) is 81.0 cm³/mol. The van der Waals surface area contributed by atoms with E-state index in [-0.39, 0.29) is 5.91 Å². The molecule has 1 aromatic rings. The molecule has 1 atom stereocenters. The second kappa shape index (κ2) is 6.70. The first-order chi connectivity index (χ1) is 9.61. The standard InChI is InChI=1S/C15H24N4O/c1-4-7-16-14-10-12(5-8-17-14)15(20)19-9-6-13(11-19)18(2)3/h5,8,10,13H,4,6-7,9,11H2,1-3H3,(H,16,17). The Morgan fingerprint density at radius 1 is 1.55 bits per heavy atom. The number of pyridine rings is 1. The molecule has 0 aromatic carbocycles. The van der Waals surface area contributed by atoms with Gasteiger partial charge in [0.2, 0.25) is 0 Å². The maximum atomic E-state index is 12.5. The van der Waals surface area contributed by atoms with Gasteiger partial charge in [-0.1, -0.05) is 6.92 Å². The summed E-state index contributed by atoms with van der Waals surface area (Å²) in [5.41, 5.74) is 0.720. The van der Waals surface area contributed by atoms with Crippen molar-refractivity contribution < 1.29 is 4.79 Å². The maximum absolute atomic E-state index is 12.5. The van der Waals surface area contributed by atoms with E-state index < -0.39 is 0 Å². The molecule has 0 saturated carbocycles. The van der Waals surface area contributed by atoms with Crippen LogP contribution in [0.3, 0.4) is 0 Å². The first kappa shape index (κ1) is 14.8. The van der Waals surface area contributed by atoms with E-state index >= 15 is 0 Å². The van der Waals surface area contributed by atoms with Crippen LogP contribution in [0.25, 0.3) is 0 Å². The third kappa shape index (κ3) is 3.48. The number of nitrogens with zero attached hydrogens (tertiary/aromatic N) is 3. The lowest BCUT2D eigenvalue weighted by molar-refractivity contribution is 0.0783. The van der Waals surface area contributed by atoms with Crippen molar-refractivity contribution in [1.29, 1.82) is 0 Å². The number of hydrogen-bond acceptors (Lipinski definition) is 4. The molecule has 2 heterocycles. The molecule has 0 radical (unpaired) electrons. The minimum atomic E-state index is 0.108. The minimum Gasteiger partial charge on any atom is -0.370 e. The lowest BCUT2D eigenvalue weighted by atomic mass is 10.2. The average Bonchev–Trinajstić information content (AvgIpc) is 2.94. The third-order valence-electron chi connectivity index (χ3n) is 3.74. The number of likely N-dealkylation sites (tertiary alicyclic amines) is 1. The van der Waals surface area contributed by atoms with E-state index in [4.69, 9.17) is 0 Å². The number of carbonyl (C=O) groups excluding carboxylic acids is 1. The van der Waals surface area contributed by atoms with Gasteiger partial charge in [-0.3, -0.25) is 4.79 Å². The number of hydrogen-bond donors (Lipinski definition) is 1. The van der Waals surface area contributed by atoms with Gasteiger partial charge in [-0.15, -0.1) is 0 Å². The topological polar surface area (TPSA) is 48.5 Å². The summed E-state index contributed by atoms with van der Waals surface area (Å²) in [5.74, 6) is 0.886. The van der Waals surface area contributed by atoms with Crippen LogP contribution in [0.5, 0.6) is 0 Å². The zero-order valence-electron chi connectivity index (χ0n) is 12.6. The fourth-order valence-corrected chi connectivity index (χ4v) is 2.44. The van der Waals surface area contributed by atoms with Gasteiger partial charge < -0.3 is 15.1 Å². The highest BCUT2D eigenvalue weighted by atomic mass is 16.2. The van der Waals surface area contributed by atoms with Crippen molar-refractivity contribution in [2.24, 2.45) is 0 Å². The minimum absolute atomic E-state index is 0.108. The summed E-state index contributed by atoms with van der Waals surface area (Å²) in [4.78, 5) is 20.9. The summed E-state index contributed by atoms with van der Waals surface area (Å²) in [5, 5.41) is 3.22. The van der Waals surface area contributed by atoms with E-state index in [0.717, 1.165) is 43.9 Å². The predicted octanol–water partition coefficient (Wildman–Crippen LogP) is 1.68. The highest BCUT2D eigenvalue weighted by molar-refractivity contribution is 5.95. The maximum Gasteiger partial charge on any atom is 0.254 e. The molecular formula is C15H24N4O. The van der Waals surface area contributed by atoms with Gasteiger partial charge in [-0.2, -0.15) is 0 Å². The fourth-order valence-electron chi connectivity index (χ4n) is 2.44. The van der Waals surface area contributed by atoms with Crippen LogP contribution in [0.2, 0.25) is 0 Å². The van der Waals surface area contributed by atoms with E-state index in [1.54, 1.807) is 12.3 Å². The summed E-state index contributed by atoms with van der Waals surface area (Å²) >= 11 is 0. The Morgan fingerprint density at radius 3 is 3.00 bits per heavy atom. The van der Waals surface area contributed by atoms with Crippen molar-refractivity contribution in [3.05, 3.63) is 23.9 Å². The Kier molecular flexibility index (Phi) is 4.95. The number of anilines is 1. The van der Waals surface area contributed by atoms with Crippen LogP contribution in [-0.2, 0) is 0 Å². The van der Waals surface area contributed by atoms with Gasteiger partial charge >= 0.3 is 0 Å². The van der Waals surface area contributed by atoms with Gasteiger partial charge in [0.1, 0.15) is 5.82 Å². The van der Waals surface area contributed by atoms with Gasteiger partial charge in [0, 0.05) is 37.4 Å². The second-order valence-electron chi connectivity index (χ2n) is 5.51. The molecule has 0 spiro atoms. The molecule has 1 aromatic heterocycles. The van der Waals surface area contributed by atoms with E-state index in [9.17, 15) is 4.79 Å². The quantitative estimate of drug-likeness (QED) is 0.889. The van der Waals surface area contributed by atoms with Gasteiger partial charge in [0.15, 0.2) is 0 Å². The van der Waals surface area contributed by atoms with Crippen LogP contribution < -0.4 is 5.32 Å². The molecule has 1 amide bonds. The molecule has 1 aliphatic rings. The molecule has 1 aliphatic heterocycles. The molecular weight excluding hydrogens is 252 g/mol. The molecule has 20 heavy (non-hydrogen) atoms. The summed E-state index contributed by atoms with van der Waals surface area (Å²) in [6.07, 6.45) is 3.78. The number of aromatic nitrogens is 1. The zero-order valence-corrected chi connectivity index (χ0v) is 12.6. The van der Waals surface area contributed by atoms with Crippen molar-refractivity contribution in [3.63, 3.8) is 0 Å². The van der Waals surface area contributed by atoms with Crippen molar-refractivity contribution in [2.75, 3.05) is 39.0 Å². The highest BCUT2D eigenvalue weighted by Gasteiger charge is 2.28. The van der Waals surface area contributed by atoms with Crippen molar-refractivity contribution >= 4 is 11.7 Å². The first-order valence-electron chi connectivity index (χ1n) is 7.27. The van der Waals surface area contributed by atoms with E-state index in [1.165, 1.54) is 0 Å². The normalized spacial score (nSPS) is 18.6. The number of nitrogens with one attached hydrogen (secondary N) is 1. The number of carbonyl (C=O) groups is 1. The zero-order chi connectivity index (χ0) is 14.5. The molecule has 1 saturated heterocycles. The van der Waals surface area contributed by atoms with Crippen LogP contribution in [0.4, 0.5) is 5.82 Å². The Labute approximate surface area is 121 Å². The molecule has 1 fully saturated rings. The fraction of sp³-hybridized carbons (Fsp3) is 0.600. The SMILES string of the molecule is CCCNc1cc(C(=O)N2CCC(N(C)C)C2)ccn1. The molecule has 110 valence electrons. The van der Waals surface area contributed by atoms with Crippen LogP contribution in [0.1, 0.15) is 30.1 Å². The number of likely N-dealkylation sites (N-methyl/N-ethyl adjacent to an activating group) is 1. The second-order valence-corrected chi connectivity index (χ2v) is 5.51. The number of rotatable bonds is 5. The van der Waals surface area contributed by atoms with E-state index in [1.807, 2.05) is 11.0 Å². The largest absolute Gasteiger partial charge is 0.370 e. The molecule has 0 bridgehead atoms. The first-order valence-corrected chi connectivity index (χ1v) is 7.27. The Morgan fingerprint density at radius 2 is 2.35 bits per heavy atom. The van der Waals surface area contributed by atoms with Crippen LogP contribution >= 0.6 is 0 Å². The lowest BCUT2D eigenvalue weighted by Crippen LogP contribution is -2.34. The van der Waals surface area contributed by atoms with Crippen molar-refractivity contribution in [1.82, 2.24) is 14.8 Å². The van der Waals surface area contributed by atoms with E-state index in [2.05, 4.69) is 36.2 Å². The Bertz CT molecular complexity index is 461. The highest BCUT2D eigenvalue weighted by Crippen LogP contribution is 2.17. The van der Waals surface area contributed by atoms with Crippen LogP contribution in [0.15, 0.2) is 18.3 Å². The molecule has 5 heteroatoms. The van der Waals surface area contributed by atoms with Crippen LogP contribution in [-0.4, -0.2) is 60.5 Å².